The summed E-state index contributed by atoms with van der Waals surface area (Å²) >= 11 is 0. The minimum atomic E-state index is -0.483. The maximum absolute atomic E-state index is 13.9. The van der Waals surface area contributed by atoms with Gasteiger partial charge in [-0.05, 0) is 18.2 Å². The third-order valence-corrected chi connectivity index (χ3v) is 3.38. The highest BCUT2D eigenvalue weighted by atomic mass is 19.1. The molecule has 1 atom stereocenters. The highest BCUT2D eigenvalue weighted by Gasteiger charge is 2.30. The van der Waals surface area contributed by atoms with Gasteiger partial charge in [0.05, 0.1) is 11.3 Å². The highest BCUT2D eigenvalue weighted by molar-refractivity contribution is 6.01. The lowest BCUT2D eigenvalue weighted by Gasteiger charge is -2.36. The van der Waals surface area contributed by atoms with Gasteiger partial charge in [0.15, 0.2) is 0 Å². The number of hydrogen-bond acceptors (Lipinski definition) is 2. The Kier molecular flexibility index (Phi) is 2.71. The summed E-state index contributed by atoms with van der Waals surface area (Å²) in [5.41, 5.74) is 1.88. The Balaban J connectivity index is 2.08. The Bertz CT molecular complexity index is 642. The number of halogens is 1. The van der Waals surface area contributed by atoms with Crippen molar-refractivity contribution in [3.63, 3.8) is 0 Å². The van der Waals surface area contributed by atoms with Crippen molar-refractivity contribution in [3.05, 3.63) is 65.5 Å². The van der Waals surface area contributed by atoms with Crippen LogP contribution in [0, 0.1) is 5.82 Å². The molecule has 1 N–H and O–H groups in total. The summed E-state index contributed by atoms with van der Waals surface area (Å²) in [4.78, 5) is 13.9. The Morgan fingerprint density at radius 3 is 2.58 bits per heavy atom. The molecule has 0 aliphatic carbocycles. The summed E-state index contributed by atoms with van der Waals surface area (Å²) < 4.78 is 13.9. The zero-order valence-corrected chi connectivity index (χ0v) is 10.4. The van der Waals surface area contributed by atoms with E-state index in [1.807, 2.05) is 30.1 Å². The number of carbonyl (C=O) groups excluding carboxylic acids is 1. The molecule has 0 spiro atoms. The molecule has 0 aromatic heterocycles. The SMILES string of the molecule is CN1c2ccccc2C(=O)N[C@@H]1c1ccccc1F. The molecular weight excluding hydrogens is 243 g/mol. The molecule has 1 aliphatic heterocycles. The lowest BCUT2D eigenvalue weighted by atomic mass is 10.0. The zero-order valence-electron chi connectivity index (χ0n) is 10.4. The van der Waals surface area contributed by atoms with Crippen LogP contribution in [-0.4, -0.2) is 13.0 Å². The number of hydrogen-bond donors (Lipinski definition) is 1. The molecular formula is C15H13FN2O. The van der Waals surface area contributed by atoms with Crippen LogP contribution in [0.15, 0.2) is 48.5 Å². The molecule has 2 aromatic carbocycles. The predicted molar refractivity (Wildman–Crippen MR) is 71.5 cm³/mol. The smallest absolute Gasteiger partial charge is 0.255 e. The number of rotatable bonds is 1. The van der Waals surface area contributed by atoms with E-state index in [4.69, 9.17) is 0 Å². The Morgan fingerprint density at radius 1 is 1.11 bits per heavy atom. The van der Waals surface area contributed by atoms with Crippen LogP contribution in [0.5, 0.6) is 0 Å². The number of para-hydroxylation sites is 1. The molecule has 96 valence electrons. The molecule has 19 heavy (non-hydrogen) atoms. The number of benzene rings is 2. The number of carbonyl (C=O) groups is 1. The van der Waals surface area contributed by atoms with Crippen molar-refractivity contribution < 1.29 is 9.18 Å². The third-order valence-electron chi connectivity index (χ3n) is 3.38. The van der Waals surface area contributed by atoms with Gasteiger partial charge >= 0.3 is 0 Å². The van der Waals surface area contributed by atoms with E-state index >= 15 is 0 Å². The average molecular weight is 256 g/mol. The quantitative estimate of drug-likeness (QED) is 0.850. The van der Waals surface area contributed by atoms with Crippen LogP contribution in [0.3, 0.4) is 0 Å². The van der Waals surface area contributed by atoms with E-state index in [2.05, 4.69) is 5.32 Å². The molecule has 1 heterocycles. The second-order valence-electron chi connectivity index (χ2n) is 4.53. The van der Waals surface area contributed by atoms with Gasteiger partial charge in [-0.15, -0.1) is 0 Å². The predicted octanol–water partition coefficient (Wildman–Crippen LogP) is 2.70. The van der Waals surface area contributed by atoms with E-state index in [0.29, 0.717) is 11.1 Å². The van der Waals surface area contributed by atoms with Crippen molar-refractivity contribution in [2.45, 2.75) is 6.17 Å². The van der Waals surface area contributed by atoms with Gasteiger partial charge in [0.2, 0.25) is 0 Å². The average Bonchev–Trinajstić information content (AvgIpc) is 2.44. The molecule has 3 rings (SSSR count). The first kappa shape index (κ1) is 11.7. The van der Waals surface area contributed by atoms with Crippen LogP contribution < -0.4 is 10.2 Å². The molecule has 0 saturated carbocycles. The largest absolute Gasteiger partial charge is 0.350 e. The molecule has 1 amide bonds. The second-order valence-corrected chi connectivity index (χ2v) is 4.53. The van der Waals surface area contributed by atoms with Gasteiger partial charge in [-0.2, -0.15) is 0 Å². The number of fused-ring (bicyclic) bond motifs is 1. The molecule has 0 unspecified atom stereocenters. The number of nitrogens with zero attached hydrogens (tertiary/aromatic N) is 1. The van der Waals surface area contributed by atoms with Crippen LogP contribution in [0.25, 0.3) is 0 Å². The molecule has 3 nitrogen and oxygen atoms in total. The van der Waals surface area contributed by atoms with Crippen molar-refractivity contribution in [2.24, 2.45) is 0 Å². The van der Waals surface area contributed by atoms with Gasteiger partial charge < -0.3 is 10.2 Å². The molecule has 0 bridgehead atoms. The van der Waals surface area contributed by atoms with Gasteiger partial charge in [0, 0.05) is 12.6 Å². The van der Waals surface area contributed by atoms with Gasteiger partial charge in [0.25, 0.3) is 5.91 Å². The van der Waals surface area contributed by atoms with Crippen molar-refractivity contribution in [3.8, 4) is 0 Å². The fraction of sp³-hybridized carbons (Fsp3) is 0.133. The standard InChI is InChI=1S/C15H13FN2O/c1-18-13-9-5-3-7-11(13)15(19)17-14(18)10-6-2-4-8-12(10)16/h2-9,14H,1H3,(H,17,19)/t14-/m0/s1. The second kappa shape index (κ2) is 4.39. The molecule has 0 radical (unpaired) electrons. The maximum Gasteiger partial charge on any atom is 0.255 e. The molecule has 2 aromatic rings. The molecule has 0 saturated heterocycles. The van der Waals surface area contributed by atoms with Crippen LogP contribution in [-0.2, 0) is 0 Å². The third kappa shape index (κ3) is 1.85. The first-order valence-corrected chi connectivity index (χ1v) is 6.05. The molecule has 0 fully saturated rings. The number of amides is 1. The zero-order chi connectivity index (χ0) is 13.4. The van der Waals surface area contributed by atoms with E-state index in [-0.39, 0.29) is 11.7 Å². The Morgan fingerprint density at radius 2 is 1.79 bits per heavy atom. The monoisotopic (exact) mass is 256 g/mol. The summed E-state index contributed by atoms with van der Waals surface area (Å²) in [6, 6.07) is 13.8. The first-order chi connectivity index (χ1) is 9.18. The fourth-order valence-corrected chi connectivity index (χ4v) is 2.39. The Hall–Kier alpha value is -2.36. The van der Waals surface area contributed by atoms with E-state index in [1.54, 1.807) is 24.3 Å². The Labute approximate surface area is 110 Å². The van der Waals surface area contributed by atoms with Crippen molar-refractivity contribution in [1.82, 2.24) is 5.32 Å². The van der Waals surface area contributed by atoms with E-state index < -0.39 is 6.17 Å². The fourth-order valence-electron chi connectivity index (χ4n) is 2.39. The lowest BCUT2D eigenvalue weighted by molar-refractivity contribution is 0.0927. The highest BCUT2D eigenvalue weighted by Crippen LogP contribution is 2.32. The minimum absolute atomic E-state index is 0.179. The summed E-state index contributed by atoms with van der Waals surface area (Å²) in [5.74, 6) is -0.499. The van der Waals surface area contributed by atoms with Gasteiger partial charge in [-0.1, -0.05) is 30.3 Å². The summed E-state index contributed by atoms with van der Waals surface area (Å²) in [7, 11) is 1.84. The van der Waals surface area contributed by atoms with Crippen LogP contribution in [0.2, 0.25) is 0 Å². The van der Waals surface area contributed by atoms with Crippen LogP contribution in [0.1, 0.15) is 22.1 Å². The summed E-state index contributed by atoms with van der Waals surface area (Å²) in [5, 5.41) is 2.83. The molecule has 4 heteroatoms. The minimum Gasteiger partial charge on any atom is -0.350 e. The number of nitrogens with one attached hydrogen (secondary N) is 1. The maximum atomic E-state index is 13.9. The van der Waals surface area contributed by atoms with E-state index in [0.717, 1.165) is 5.69 Å². The van der Waals surface area contributed by atoms with Crippen LogP contribution >= 0.6 is 0 Å². The normalized spacial score (nSPS) is 17.9. The molecule has 1 aliphatic rings. The summed E-state index contributed by atoms with van der Waals surface area (Å²) in [6.45, 7) is 0. The van der Waals surface area contributed by atoms with Crippen molar-refractivity contribution in [2.75, 3.05) is 11.9 Å². The number of anilines is 1. The van der Waals surface area contributed by atoms with Gasteiger partial charge in [-0.3, -0.25) is 4.79 Å². The van der Waals surface area contributed by atoms with E-state index in [9.17, 15) is 9.18 Å². The first-order valence-electron chi connectivity index (χ1n) is 6.05. The van der Waals surface area contributed by atoms with E-state index in [1.165, 1.54) is 6.07 Å². The van der Waals surface area contributed by atoms with Crippen molar-refractivity contribution in [1.29, 1.82) is 0 Å². The van der Waals surface area contributed by atoms with Gasteiger partial charge in [-0.25, -0.2) is 4.39 Å². The lowest BCUT2D eigenvalue weighted by Crippen LogP contribution is -2.44. The van der Waals surface area contributed by atoms with Gasteiger partial charge in [0.1, 0.15) is 12.0 Å². The van der Waals surface area contributed by atoms with Crippen LogP contribution in [0.4, 0.5) is 10.1 Å². The summed E-state index contributed by atoms with van der Waals surface area (Å²) in [6.07, 6.45) is -0.483. The topological polar surface area (TPSA) is 32.3 Å². The van der Waals surface area contributed by atoms with Crippen molar-refractivity contribution >= 4 is 11.6 Å².